The molecule has 0 atom stereocenters. The van der Waals surface area contributed by atoms with E-state index in [4.69, 9.17) is 17.0 Å². The third-order valence-corrected chi connectivity index (χ3v) is 6.01. The van der Waals surface area contributed by atoms with Gasteiger partial charge < -0.3 is 19.8 Å². The Hall–Kier alpha value is -3.87. The predicted octanol–water partition coefficient (Wildman–Crippen LogP) is 3.76. The maximum atomic E-state index is 11.3. The summed E-state index contributed by atoms with van der Waals surface area (Å²) in [6.07, 6.45) is 8.11. The molecule has 0 saturated carbocycles. The van der Waals surface area contributed by atoms with Crippen molar-refractivity contribution in [3.05, 3.63) is 66.2 Å². The fraction of sp³-hybridized carbons (Fsp3) is 0.200. The molecule has 4 rings (SSSR count). The number of sulfone groups is 1. The zero-order valence-corrected chi connectivity index (χ0v) is 19.6. The van der Waals surface area contributed by atoms with Gasteiger partial charge in [0.1, 0.15) is 39.3 Å². The summed E-state index contributed by atoms with van der Waals surface area (Å²) in [5, 5.41) is 4.90. The fourth-order valence-electron chi connectivity index (χ4n) is 3.40. The Balaban J connectivity index is 1.68. The number of terminal acetylenes is 1. The maximum absolute atomic E-state index is 11.3. The number of anilines is 2. The minimum Gasteiger partial charge on any atom is -0.496 e. The van der Waals surface area contributed by atoms with Gasteiger partial charge in [0, 0.05) is 35.5 Å². The normalized spacial score (nSPS) is 11.7. The molecule has 0 aliphatic carbocycles. The number of hydrogen-bond donors (Lipinski definition) is 2. The van der Waals surface area contributed by atoms with Gasteiger partial charge in [-0.3, -0.25) is 0 Å². The van der Waals surface area contributed by atoms with Gasteiger partial charge in [0.05, 0.1) is 30.5 Å². The smallest absolute Gasteiger partial charge is 0.168 e. The van der Waals surface area contributed by atoms with E-state index in [-0.39, 0.29) is 5.75 Å². The molecule has 0 unspecified atom stereocenters. The molecule has 2 heterocycles. The molecule has 0 amide bonds. The van der Waals surface area contributed by atoms with Crippen LogP contribution in [0.25, 0.3) is 22.2 Å². The highest BCUT2D eigenvalue weighted by Crippen LogP contribution is 2.36. The largest absolute Gasteiger partial charge is 0.496 e. The zero-order chi connectivity index (χ0) is 25.0. The highest BCUT2D eigenvalue weighted by atomic mass is 32.2. The van der Waals surface area contributed by atoms with Crippen LogP contribution in [0.15, 0.2) is 59.3 Å². The van der Waals surface area contributed by atoms with Gasteiger partial charge in [-0.1, -0.05) is 12.0 Å². The molecule has 174 valence electrons. The first-order valence-corrected chi connectivity index (χ1v) is 12.5. The third kappa shape index (κ3) is 5.54. The molecule has 0 aliphatic rings. The van der Waals surface area contributed by atoms with Gasteiger partial charge in [-0.25, -0.2) is 18.4 Å². The summed E-state index contributed by atoms with van der Waals surface area (Å²) in [5.41, 5.74) is 2.51. The van der Waals surface area contributed by atoms with Gasteiger partial charge in [-0.15, -0.1) is 6.42 Å². The Labute approximate surface area is 199 Å². The Bertz CT molecular complexity index is 1510. The Morgan fingerprint density at radius 1 is 1.21 bits per heavy atom. The van der Waals surface area contributed by atoms with Crippen molar-refractivity contribution in [3.8, 4) is 29.4 Å². The van der Waals surface area contributed by atoms with Crippen molar-refractivity contribution in [3.63, 3.8) is 0 Å². The second-order valence-corrected chi connectivity index (χ2v) is 9.91. The molecule has 8 nitrogen and oxygen atoms in total. The average molecular weight is 478 g/mol. The minimum absolute atomic E-state index is 0.0513. The molecular weight excluding hydrogens is 452 g/mol. The first-order valence-electron chi connectivity index (χ1n) is 10.9. The molecule has 2 aromatic heterocycles. The van der Waals surface area contributed by atoms with Gasteiger partial charge in [-0.05, 0) is 36.4 Å². The van der Waals surface area contributed by atoms with E-state index < -0.39 is 9.84 Å². The lowest BCUT2D eigenvalue weighted by Gasteiger charge is -2.12. The second-order valence-electron chi connectivity index (χ2n) is 7.65. The molecule has 34 heavy (non-hydrogen) atoms. The summed E-state index contributed by atoms with van der Waals surface area (Å²) >= 11 is 0. The Morgan fingerprint density at radius 2 is 2.06 bits per heavy atom. The number of nitrogens with one attached hydrogen (secondary N) is 2. The van der Waals surface area contributed by atoms with Crippen molar-refractivity contribution in [1.82, 2.24) is 15.3 Å². The predicted molar refractivity (Wildman–Crippen MR) is 133 cm³/mol. The second kappa shape index (κ2) is 9.95. The van der Waals surface area contributed by atoms with E-state index in [1.165, 1.54) is 17.9 Å². The number of ether oxygens (including phenoxy) is 1. The van der Waals surface area contributed by atoms with Gasteiger partial charge in [0.2, 0.25) is 0 Å². The quantitative estimate of drug-likeness (QED) is 0.277. The molecule has 0 fully saturated rings. The summed E-state index contributed by atoms with van der Waals surface area (Å²) in [6, 6.07) is 14.3. The SMILES string of the molecule is [2H]N(c1cccc(C#C)c1)c1ncnc2cc(OC)c(-c3ccc(CNCCS(C)(=O)=O)o3)cc12. The van der Waals surface area contributed by atoms with Gasteiger partial charge in [0.15, 0.2) is 1.41 Å². The minimum atomic E-state index is -3.03. The number of benzene rings is 2. The summed E-state index contributed by atoms with van der Waals surface area (Å²) in [6.45, 7) is 0.709. The van der Waals surface area contributed by atoms with Crippen LogP contribution in [0.4, 0.5) is 11.5 Å². The van der Waals surface area contributed by atoms with Crippen molar-refractivity contribution < 1.29 is 19.0 Å². The Morgan fingerprint density at radius 3 is 2.82 bits per heavy atom. The van der Waals surface area contributed by atoms with Crippen molar-refractivity contribution >= 4 is 32.2 Å². The number of nitrogens with zero attached hydrogens (tertiary/aromatic N) is 2. The maximum Gasteiger partial charge on any atom is 0.168 e. The van der Waals surface area contributed by atoms with Crippen LogP contribution in [-0.4, -0.2) is 44.0 Å². The molecule has 0 saturated heterocycles. The van der Waals surface area contributed by atoms with Crippen LogP contribution in [0.3, 0.4) is 0 Å². The average Bonchev–Trinajstić information content (AvgIpc) is 3.33. The highest BCUT2D eigenvalue weighted by molar-refractivity contribution is 7.90. The van der Waals surface area contributed by atoms with Crippen molar-refractivity contribution in [1.29, 1.82) is 0 Å². The van der Waals surface area contributed by atoms with Crippen LogP contribution < -0.4 is 15.4 Å². The molecule has 0 spiro atoms. The topological polar surface area (TPSA) is 106 Å². The molecule has 2 N–H and O–H groups in total. The molecule has 4 aromatic rings. The number of hydrogen-bond acceptors (Lipinski definition) is 8. The molecule has 0 aliphatic heterocycles. The monoisotopic (exact) mass is 477 g/mol. The lowest BCUT2D eigenvalue weighted by Crippen LogP contribution is -2.21. The van der Waals surface area contributed by atoms with Crippen LogP contribution in [0.5, 0.6) is 5.75 Å². The van der Waals surface area contributed by atoms with Crippen LogP contribution >= 0.6 is 0 Å². The van der Waals surface area contributed by atoms with Crippen LogP contribution in [0.2, 0.25) is 1.41 Å². The zero-order valence-electron chi connectivity index (χ0n) is 19.8. The summed E-state index contributed by atoms with van der Waals surface area (Å²) in [5.74, 6) is 4.77. The standard InChI is InChI=1S/C25H24N4O4S/c1-4-17-6-5-7-18(12-17)29-25-20-13-21(24(32-2)14-22(20)27-16-28-25)23-9-8-19(33-23)15-26-10-11-34(3,30)31/h1,5-9,12-14,16,26H,10-11,15H2,2-3H3,(H,27,28,29)/i/hD. The Kier molecular flexibility index (Phi) is 6.42. The van der Waals surface area contributed by atoms with E-state index in [9.17, 15) is 8.42 Å². The lowest BCUT2D eigenvalue weighted by atomic mass is 10.1. The van der Waals surface area contributed by atoms with Gasteiger partial charge in [-0.2, -0.15) is 0 Å². The van der Waals surface area contributed by atoms with E-state index in [0.717, 1.165) is 0 Å². The summed E-state index contributed by atoms with van der Waals surface area (Å²) in [4.78, 5) is 8.70. The fourth-order valence-corrected chi connectivity index (χ4v) is 3.91. The van der Waals surface area contributed by atoms with Gasteiger partial charge >= 0.3 is 0 Å². The van der Waals surface area contributed by atoms with Crippen molar-refractivity contribution in [2.45, 2.75) is 6.54 Å². The van der Waals surface area contributed by atoms with E-state index >= 15 is 0 Å². The van der Waals surface area contributed by atoms with Crippen molar-refractivity contribution in [2.75, 3.05) is 31.0 Å². The van der Waals surface area contributed by atoms with Gasteiger partial charge in [0.25, 0.3) is 0 Å². The van der Waals surface area contributed by atoms with E-state index in [1.54, 1.807) is 37.4 Å². The lowest BCUT2D eigenvalue weighted by molar-refractivity contribution is 0.414. The molecule has 2 aromatic carbocycles. The van der Waals surface area contributed by atoms with E-state index in [2.05, 4.69) is 21.2 Å². The highest BCUT2D eigenvalue weighted by Gasteiger charge is 2.15. The number of furan rings is 1. The number of rotatable bonds is 9. The van der Waals surface area contributed by atoms with Crippen LogP contribution in [0, 0.1) is 12.3 Å². The summed E-state index contributed by atoms with van der Waals surface area (Å²) < 4.78 is 42.9. The first-order chi connectivity index (χ1) is 16.8. The van der Waals surface area contributed by atoms with Crippen LogP contribution in [0.1, 0.15) is 11.3 Å². The molecule has 9 heteroatoms. The number of fused-ring (bicyclic) bond motifs is 1. The van der Waals surface area contributed by atoms with Crippen molar-refractivity contribution in [2.24, 2.45) is 0 Å². The molecular formula is C25H24N4O4S. The van der Waals surface area contributed by atoms with Crippen LogP contribution in [-0.2, 0) is 16.4 Å². The third-order valence-electron chi connectivity index (χ3n) is 5.06. The number of methoxy groups -OCH3 is 1. The first kappa shape index (κ1) is 21.9. The van der Waals surface area contributed by atoms with E-state index in [1.807, 2.05) is 18.2 Å². The number of aromatic nitrogens is 2. The molecule has 0 radical (unpaired) electrons. The molecule has 0 bridgehead atoms. The summed E-state index contributed by atoms with van der Waals surface area (Å²) in [7, 11) is -1.47. The van der Waals surface area contributed by atoms with E-state index in [0.29, 0.717) is 63.9 Å².